The predicted octanol–water partition coefficient (Wildman–Crippen LogP) is 2.48. The van der Waals surface area contributed by atoms with E-state index in [0.717, 1.165) is 35.9 Å². The van der Waals surface area contributed by atoms with Gasteiger partial charge in [0.05, 0.1) is 24.6 Å². The normalized spacial score (nSPS) is 14.0. The topological polar surface area (TPSA) is 83.1 Å². The summed E-state index contributed by atoms with van der Waals surface area (Å²) in [6, 6.07) is 16.2. The minimum absolute atomic E-state index is 0.293. The lowest BCUT2D eigenvalue weighted by Crippen LogP contribution is -2.37. The average Bonchev–Trinajstić information content (AvgIpc) is 3.48. The van der Waals surface area contributed by atoms with Crippen molar-refractivity contribution in [1.82, 2.24) is 29.5 Å². The molecule has 1 aromatic carbocycles. The monoisotopic (exact) mass is 417 g/mol. The second kappa shape index (κ2) is 8.57. The lowest BCUT2D eigenvalue weighted by Gasteiger charge is -2.28. The molecule has 4 aromatic rings. The molecule has 1 fully saturated rings. The summed E-state index contributed by atoms with van der Waals surface area (Å²) in [6.45, 7) is 3.17. The number of rotatable bonds is 6. The molecule has 0 radical (unpaired) electrons. The Hall–Kier alpha value is -3.72. The molecule has 0 spiro atoms. The molecule has 9 heteroatoms. The highest BCUT2D eigenvalue weighted by Crippen LogP contribution is 2.22. The molecular formula is C22H23N7O2. The molecule has 9 nitrogen and oxygen atoms in total. The van der Waals surface area contributed by atoms with Gasteiger partial charge in [0.1, 0.15) is 12.4 Å². The van der Waals surface area contributed by atoms with Crippen LogP contribution in [0.5, 0.6) is 6.01 Å². The van der Waals surface area contributed by atoms with Gasteiger partial charge in [-0.25, -0.2) is 4.68 Å². The number of aryl methyl sites for hydroxylation is 1. The summed E-state index contributed by atoms with van der Waals surface area (Å²) >= 11 is 0. The molecule has 4 heterocycles. The number of hydrogen-bond acceptors (Lipinski definition) is 7. The van der Waals surface area contributed by atoms with Gasteiger partial charge in [0.15, 0.2) is 5.82 Å². The summed E-state index contributed by atoms with van der Waals surface area (Å²) in [5.41, 5.74) is 2.74. The Balaban J connectivity index is 1.46. The first-order valence-corrected chi connectivity index (χ1v) is 10.2. The highest BCUT2D eigenvalue weighted by molar-refractivity contribution is 5.58. The molecule has 0 unspecified atom stereocenters. The third kappa shape index (κ3) is 4.41. The Morgan fingerprint density at radius 3 is 2.52 bits per heavy atom. The maximum absolute atomic E-state index is 5.89. The molecular weight excluding hydrogens is 394 g/mol. The van der Waals surface area contributed by atoms with E-state index < -0.39 is 0 Å². The fraction of sp³-hybridized carbons (Fsp3) is 0.273. The predicted molar refractivity (Wildman–Crippen MR) is 115 cm³/mol. The maximum atomic E-state index is 5.89. The highest BCUT2D eigenvalue weighted by atomic mass is 16.5. The lowest BCUT2D eigenvalue weighted by molar-refractivity contribution is 0.122. The van der Waals surface area contributed by atoms with Crippen LogP contribution < -0.4 is 9.64 Å². The quantitative estimate of drug-likeness (QED) is 0.477. The minimum atomic E-state index is 0.293. The second-order valence-electron chi connectivity index (χ2n) is 7.25. The van der Waals surface area contributed by atoms with E-state index in [2.05, 4.69) is 20.0 Å². The molecule has 158 valence electrons. The number of aromatic nitrogens is 6. The summed E-state index contributed by atoms with van der Waals surface area (Å²) < 4.78 is 14.9. The SMILES string of the molecule is Cn1ccc(COc2nc(N3CCOCC3)cc(-n3ccc(-c4ccccc4)n3)n2)n1. The molecule has 0 N–H and O–H groups in total. The number of benzene rings is 1. The van der Waals surface area contributed by atoms with E-state index >= 15 is 0 Å². The van der Waals surface area contributed by atoms with Gasteiger partial charge in [-0.1, -0.05) is 30.3 Å². The molecule has 0 aliphatic carbocycles. The van der Waals surface area contributed by atoms with Crippen molar-refractivity contribution in [2.75, 3.05) is 31.2 Å². The van der Waals surface area contributed by atoms with Crippen LogP contribution in [0.4, 0.5) is 5.82 Å². The van der Waals surface area contributed by atoms with Crippen LogP contribution in [0.15, 0.2) is 60.9 Å². The standard InChI is InChI=1S/C22H23N7O2/c1-27-9-7-18(25-27)16-31-22-23-20(28-11-13-30-14-12-28)15-21(24-22)29-10-8-19(26-29)17-5-3-2-4-6-17/h2-10,15H,11-14,16H2,1H3. The van der Waals surface area contributed by atoms with Crippen LogP contribution in [0, 0.1) is 0 Å². The van der Waals surface area contributed by atoms with Crippen molar-refractivity contribution in [2.45, 2.75) is 6.61 Å². The molecule has 0 bridgehead atoms. The van der Waals surface area contributed by atoms with Crippen molar-refractivity contribution < 1.29 is 9.47 Å². The molecule has 1 aliphatic heterocycles. The average molecular weight is 417 g/mol. The molecule has 1 saturated heterocycles. The zero-order chi connectivity index (χ0) is 21.0. The highest BCUT2D eigenvalue weighted by Gasteiger charge is 2.17. The van der Waals surface area contributed by atoms with E-state index in [9.17, 15) is 0 Å². The molecule has 5 rings (SSSR count). The van der Waals surface area contributed by atoms with Gasteiger partial charge in [-0.15, -0.1) is 0 Å². The van der Waals surface area contributed by atoms with Crippen LogP contribution >= 0.6 is 0 Å². The van der Waals surface area contributed by atoms with Crippen molar-refractivity contribution in [3.63, 3.8) is 0 Å². The van der Waals surface area contributed by atoms with E-state index in [1.165, 1.54) is 0 Å². The van der Waals surface area contributed by atoms with Crippen LogP contribution in [0.3, 0.4) is 0 Å². The number of nitrogens with zero attached hydrogens (tertiary/aromatic N) is 7. The Kier molecular flexibility index (Phi) is 5.32. The van der Waals surface area contributed by atoms with Gasteiger partial charge in [-0.3, -0.25) is 4.68 Å². The number of hydrogen-bond donors (Lipinski definition) is 0. The number of ether oxygens (including phenoxy) is 2. The van der Waals surface area contributed by atoms with Crippen molar-refractivity contribution in [2.24, 2.45) is 7.05 Å². The molecule has 31 heavy (non-hydrogen) atoms. The van der Waals surface area contributed by atoms with E-state index in [-0.39, 0.29) is 0 Å². The van der Waals surface area contributed by atoms with E-state index in [1.807, 2.05) is 68.0 Å². The smallest absolute Gasteiger partial charge is 0.320 e. The Morgan fingerprint density at radius 2 is 1.74 bits per heavy atom. The van der Waals surface area contributed by atoms with Gasteiger partial charge < -0.3 is 14.4 Å². The fourth-order valence-corrected chi connectivity index (χ4v) is 3.43. The summed E-state index contributed by atoms with van der Waals surface area (Å²) in [5, 5.41) is 9.06. The first-order valence-electron chi connectivity index (χ1n) is 10.2. The lowest BCUT2D eigenvalue weighted by atomic mass is 10.2. The third-order valence-electron chi connectivity index (χ3n) is 5.03. The van der Waals surface area contributed by atoms with Crippen LogP contribution in [0.1, 0.15) is 5.69 Å². The summed E-state index contributed by atoms with van der Waals surface area (Å²) in [7, 11) is 1.87. The van der Waals surface area contributed by atoms with Gasteiger partial charge in [-0.2, -0.15) is 20.2 Å². The van der Waals surface area contributed by atoms with Crippen molar-refractivity contribution in [1.29, 1.82) is 0 Å². The second-order valence-corrected chi connectivity index (χ2v) is 7.25. The fourth-order valence-electron chi connectivity index (χ4n) is 3.43. The van der Waals surface area contributed by atoms with Crippen molar-refractivity contribution >= 4 is 5.82 Å². The van der Waals surface area contributed by atoms with Crippen LogP contribution in [0.2, 0.25) is 0 Å². The molecule has 0 atom stereocenters. The molecule has 0 saturated carbocycles. The van der Waals surface area contributed by atoms with Crippen molar-refractivity contribution in [3.05, 3.63) is 66.6 Å². The van der Waals surface area contributed by atoms with Gasteiger partial charge in [0, 0.05) is 44.2 Å². The molecule has 1 aliphatic rings. The summed E-state index contributed by atoms with van der Waals surface area (Å²) in [6.07, 6.45) is 3.78. The molecule has 3 aromatic heterocycles. The van der Waals surface area contributed by atoms with Gasteiger partial charge in [0.2, 0.25) is 0 Å². The largest absolute Gasteiger partial charge is 0.457 e. The first-order chi connectivity index (χ1) is 15.2. The minimum Gasteiger partial charge on any atom is -0.457 e. The maximum Gasteiger partial charge on any atom is 0.320 e. The third-order valence-corrected chi connectivity index (χ3v) is 5.03. The van der Waals surface area contributed by atoms with Gasteiger partial charge in [0.25, 0.3) is 0 Å². The van der Waals surface area contributed by atoms with Gasteiger partial charge in [-0.05, 0) is 12.1 Å². The zero-order valence-electron chi connectivity index (χ0n) is 17.3. The number of morpholine rings is 1. The van der Waals surface area contributed by atoms with Crippen LogP contribution in [-0.4, -0.2) is 55.8 Å². The Bertz CT molecular complexity index is 1150. The zero-order valence-corrected chi connectivity index (χ0v) is 17.3. The van der Waals surface area contributed by atoms with Gasteiger partial charge >= 0.3 is 6.01 Å². The van der Waals surface area contributed by atoms with E-state index in [4.69, 9.17) is 14.6 Å². The summed E-state index contributed by atoms with van der Waals surface area (Å²) in [5.74, 6) is 1.44. The van der Waals surface area contributed by atoms with Crippen LogP contribution in [0.25, 0.3) is 17.1 Å². The summed E-state index contributed by atoms with van der Waals surface area (Å²) in [4.78, 5) is 11.4. The molecule has 0 amide bonds. The van der Waals surface area contributed by atoms with E-state index in [1.54, 1.807) is 9.36 Å². The number of anilines is 1. The van der Waals surface area contributed by atoms with Crippen molar-refractivity contribution in [3.8, 4) is 23.1 Å². The first kappa shape index (κ1) is 19.3. The van der Waals surface area contributed by atoms with E-state index in [0.29, 0.717) is 31.6 Å². The Labute approximate surface area is 179 Å². The van der Waals surface area contributed by atoms with Crippen LogP contribution in [-0.2, 0) is 18.4 Å². The Morgan fingerprint density at radius 1 is 0.935 bits per heavy atom.